The number of H-pyrrole nitrogens is 1. The molecular formula is C26H20FN3O3. The number of amides is 1. The predicted molar refractivity (Wildman–Crippen MR) is 124 cm³/mol. The van der Waals surface area contributed by atoms with Crippen LogP contribution in [0.25, 0.3) is 11.4 Å². The molecule has 33 heavy (non-hydrogen) atoms. The minimum absolute atomic E-state index is 0.191. The van der Waals surface area contributed by atoms with E-state index in [1.807, 2.05) is 6.92 Å². The number of rotatable bonds is 6. The molecule has 0 atom stereocenters. The first kappa shape index (κ1) is 21.8. The van der Waals surface area contributed by atoms with Crippen molar-refractivity contribution in [1.82, 2.24) is 9.97 Å². The summed E-state index contributed by atoms with van der Waals surface area (Å²) in [6.45, 7) is 1.91. The Morgan fingerprint density at radius 2 is 1.67 bits per heavy atom. The number of hydrogen-bond acceptors (Lipinski definition) is 4. The van der Waals surface area contributed by atoms with Crippen molar-refractivity contribution in [2.24, 2.45) is 0 Å². The number of aromatic amines is 1. The molecule has 0 unspecified atom stereocenters. The minimum atomic E-state index is -0.470. The maximum absolute atomic E-state index is 13.2. The number of ketones is 1. The molecule has 1 amide bonds. The molecule has 0 saturated heterocycles. The molecule has 1 aromatic heterocycles. The van der Waals surface area contributed by atoms with E-state index >= 15 is 0 Å². The molecule has 0 aliphatic carbocycles. The van der Waals surface area contributed by atoms with Crippen molar-refractivity contribution in [3.05, 3.63) is 117 Å². The van der Waals surface area contributed by atoms with Gasteiger partial charge in [0.2, 0.25) is 0 Å². The molecule has 3 aromatic carbocycles. The molecule has 6 nitrogen and oxygen atoms in total. The number of carbonyl (C=O) groups excluding carboxylic acids is 2. The molecule has 0 aliphatic heterocycles. The number of anilines is 1. The van der Waals surface area contributed by atoms with Gasteiger partial charge in [-0.2, -0.15) is 0 Å². The van der Waals surface area contributed by atoms with Crippen molar-refractivity contribution in [2.45, 2.75) is 13.3 Å². The van der Waals surface area contributed by atoms with Gasteiger partial charge in [-0.05, 0) is 48.9 Å². The molecule has 4 rings (SSSR count). The molecule has 164 valence electrons. The Morgan fingerprint density at radius 3 is 2.39 bits per heavy atom. The number of halogens is 1. The normalized spacial score (nSPS) is 10.6. The average Bonchev–Trinajstić information content (AvgIpc) is 2.84. The van der Waals surface area contributed by atoms with Gasteiger partial charge in [0, 0.05) is 34.1 Å². The SMILES string of the molecule is CCc1cc(=O)[nH]c(-c2cccc(NC(=O)c3ccccc3C(=O)c3ccc(F)cc3)c2)n1. The zero-order valence-electron chi connectivity index (χ0n) is 17.8. The van der Waals surface area contributed by atoms with Crippen LogP contribution < -0.4 is 10.9 Å². The number of carbonyl (C=O) groups is 2. The van der Waals surface area contributed by atoms with Crippen molar-refractivity contribution in [3.63, 3.8) is 0 Å². The molecule has 0 spiro atoms. The summed E-state index contributed by atoms with van der Waals surface area (Å²) in [7, 11) is 0. The molecule has 0 bridgehead atoms. The van der Waals surface area contributed by atoms with E-state index in [9.17, 15) is 18.8 Å². The van der Waals surface area contributed by atoms with Gasteiger partial charge in [-0.3, -0.25) is 14.4 Å². The van der Waals surface area contributed by atoms with Crippen molar-refractivity contribution >= 4 is 17.4 Å². The summed E-state index contributed by atoms with van der Waals surface area (Å²) in [5.41, 5.74) is 2.21. The number of aryl methyl sites for hydroxylation is 1. The van der Waals surface area contributed by atoms with Gasteiger partial charge in [0.15, 0.2) is 5.78 Å². The maximum Gasteiger partial charge on any atom is 0.256 e. The molecule has 0 saturated carbocycles. The van der Waals surface area contributed by atoms with Crippen LogP contribution in [-0.4, -0.2) is 21.7 Å². The van der Waals surface area contributed by atoms with Crippen LogP contribution in [0.4, 0.5) is 10.1 Å². The smallest absolute Gasteiger partial charge is 0.256 e. The highest BCUT2D eigenvalue weighted by Crippen LogP contribution is 2.21. The van der Waals surface area contributed by atoms with Crippen LogP contribution in [-0.2, 0) is 6.42 Å². The maximum atomic E-state index is 13.2. The number of hydrogen-bond donors (Lipinski definition) is 2. The molecule has 1 heterocycles. The Morgan fingerprint density at radius 1 is 0.939 bits per heavy atom. The Hall–Kier alpha value is -4.39. The molecule has 0 radical (unpaired) electrons. The summed E-state index contributed by atoms with van der Waals surface area (Å²) >= 11 is 0. The van der Waals surface area contributed by atoms with Crippen molar-refractivity contribution in [3.8, 4) is 11.4 Å². The summed E-state index contributed by atoms with van der Waals surface area (Å²) < 4.78 is 13.2. The fourth-order valence-electron chi connectivity index (χ4n) is 3.40. The van der Waals surface area contributed by atoms with E-state index in [2.05, 4.69) is 15.3 Å². The van der Waals surface area contributed by atoms with Crippen molar-refractivity contribution < 1.29 is 14.0 Å². The number of aromatic nitrogens is 2. The minimum Gasteiger partial charge on any atom is -0.322 e. The van der Waals surface area contributed by atoms with Gasteiger partial charge < -0.3 is 10.3 Å². The van der Waals surface area contributed by atoms with Crippen LogP contribution in [0.2, 0.25) is 0 Å². The standard InChI is InChI=1S/C26H20FN3O3/c1-2-19-15-23(31)30-25(28-19)17-6-5-7-20(14-17)29-26(33)22-9-4-3-8-21(22)24(32)16-10-12-18(27)13-11-16/h3-15H,2H2,1H3,(H,29,33)(H,28,30,31). The first-order valence-electron chi connectivity index (χ1n) is 10.4. The van der Waals surface area contributed by atoms with E-state index in [1.165, 1.54) is 30.3 Å². The molecular weight excluding hydrogens is 421 g/mol. The lowest BCUT2D eigenvalue weighted by molar-refractivity contribution is 0.0996. The van der Waals surface area contributed by atoms with E-state index in [0.29, 0.717) is 29.2 Å². The molecule has 0 aliphatic rings. The number of benzene rings is 3. The van der Waals surface area contributed by atoms with E-state index in [0.717, 1.165) is 0 Å². The lowest BCUT2D eigenvalue weighted by Gasteiger charge is -2.11. The van der Waals surface area contributed by atoms with Gasteiger partial charge in [0.25, 0.3) is 11.5 Å². The largest absolute Gasteiger partial charge is 0.322 e. The Kier molecular flexibility index (Phi) is 6.22. The highest BCUT2D eigenvalue weighted by atomic mass is 19.1. The van der Waals surface area contributed by atoms with Crippen LogP contribution in [0.5, 0.6) is 0 Å². The zero-order valence-corrected chi connectivity index (χ0v) is 17.8. The monoisotopic (exact) mass is 441 g/mol. The van der Waals surface area contributed by atoms with Crippen molar-refractivity contribution in [1.29, 1.82) is 0 Å². The highest BCUT2D eigenvalue weighted by Gasteiger charge is 2.18. The van der Waals surface area contributed by atoms with Crippen LogP contribution in [0, 0.1) is 5.82 Å². The summed E-state index contributed by atoms with van der Waals surface area (Å²) in [5, 5.41) is 2.80. The third-order valence-corrected chi connectivity index (χ3v) is 5.07. The summed E-state index contributed by atoms with van der Waals surface area (Å²) in [5.74, 6) is -0.894. The third kappa shape index (κ3) is 4.93. The van der Waals surface area contributed by atoms with Crippen molar-refractivity contribution in [2.75, 3.05) is 5.32 Å². The fourth-order valence-corrected chi connectivity index (χ4v) is 3.40. The van der Waals surface area contributed by atoms with Crippen LogP contribution in [0.3, 0.4) is 0 Å². The summed E-state index contributed by atoms with van der Waals surface area (Å²) in [6, 6.07) is 20.0. The first-order valence-corrected chi connectivity index (χ1v) is 10.4. The summed E-state index contributed by atoms with van der Waals surface area (Å²) in [4.78, 5) is 45.0. The Labute approximate surface area is 189 Å². The van der Waals surface area contributed by atoms with Gasteiger partial charge >= 0.3 is 0 Å². The Balaban J connectivity index is 1.62. The first-order chi connectivity index (χ1) is 15.9. The second-order valence-corrected chi connectivity index (χ2v) is 7.36. The molecule has 2 N–H and O–H groups in total. The van der Waals surface area contributed by atoms with Gasteiger partial charge in [-0.15, -0.1) is 0 Å². The van der Waals surface area contributed by atoms with Crippen LogP contribution >= 0.6 is 0 Å². The third-order valence-electron chi connectivity index (χ3n) is 5.07. The lowest BCUT2D eigenvalue weighted by Crippen LogP contribution is -2.17. The van der Waals surface area contributed by atoms with E-state index in [-0.39, 0.29) is 28.0 Å². The second-order valence-electron chi connectivity index (χ2n) is 7.36. The number of nitrogens with zero attached hydrogens (tertiary/aromatic N) is 1. The average molecular weight is 441 g/mol. The van der Waals surface area contributed by atoms with E-state index in [4.69, 9.17) is 0 Å². The number of nitrogens with one attached hydrogen (secondary N) is 2. The van der Waals surface area contributed by atoms with Gasteiger partial charge in [-0.25, -0.2) is 9.37 Å². The van der Waals surface area contributed by atoms with E-state index < -0.39 is 11.7 Å². The van der Waals surface area contributed by atoms with E-state index in [1.54, 1.807) is 48.5 Å². The topological polar surface area (TPSA) is 91.9 Å². The van der Waals surface area contributed by atoms with Gasteiger partial charge in [-0.1, -0.05) is 37.3 Å². The molecule has 7 heteroatoms. The molecule has 4 aromatic rings. The van der Waals surface area contributed by atoms with Crippen LogP contribution in [0.1, 0.15) is 38.9 Å². The van der Waals surface area contributed by atoms with Gasteiger partial charge in [0.1, 0.15) is 11.6 Å². The Bertz CT molecular complexity index is 1390. The lowest BCUT2D eigenvalue weighted by atomic mass is 9.98. The van der Waals surface area contributed by atoms with Gasteiger partial charge in [0.05, 0.1) is 5.56 Å². The summed E-state index contributed by atoms with van der Waals surface area (Å²) in [6.07, 6.45) is 0.617. The molecule has 0 fully saturated rings. The predicted octanol–water partition coefficient (Wildman–Crippen LogP) is 4.62. The fraction of sp³-hybridized carbons (Fsp3) is 0.0769. The van der Waals surface area contributed by atoms with Crippen LogP contribution in [0.15, 0.2) is 83.7 Å². The second kappa shape index (κ2) is 9.40. The quantitative estimate of drug-likeness (QED) is 0.427. The zero-order chi connectivity index (χ0) is 23.4. The highest BCUT2D eigenvalue weighted by molar-refractivity contribution is 6.17.